The highest BCUT2D eigenvalue weighted by atomic mass is 16.5. The molecule has 0 bridgehead atoms. The number of esters is 1. The smallest absolute Gasteiger partial charge is 0.356 e. The maximum atomic E-state index is 12.0. The third kappa shape index (κ3) is 2.34. The van der Waals surface area contributed by atoms with Crippen LogP contribution < -0.4 is 4.74 Å². The number of benzene rings is 1. The number of carbonyl (C=O) groups is 1. The number of methoxy groups -OCH3 is 2. The van der Waals surface area contributed by atoms with Crippen molar-refractivity contribution in [3.8, 4) is 23.1 Å². The SMILES string of the molecule is COC(=O)c1cc(-c2cnn(C)c2OC)c2cccc(C#N)c2n1. The number of para-hydroxylation sites is 1. The predicted octanol–water partition coefficient (Wildman–Crippen LogP) is 2.30. The van der Waals surface area contributed by atoms with Gasteiger partial charge in [0, 0.05) is 18.0 Å². The molecule has 0 aliphatic rings. The molecule has 0 spiro atoms. The van der Waals surface area contributed by atoms with Gasteiger partial charge >= 0.3 is 5.97 Å². The molecule has 0 amide bonds. The van der Waals surface area contributed by atoms with E-state index in [1.54, 1.807) is 43.2 Å². The minimum absolute atomic E-state index is 0.119. The molecule has 0 aliphatic carbocycles. The van der Waals surface area contributed by atoms with Gasteiger partial charge in [-0.25, -0.2) is 14.5 Å². The van der Waals surface area contributed by atoms with Crippen LogP contribution in [0.4, 0.5) is 0 Å². The Morgan fingerprint density at radius 3 is 2.75 bits per heavy atom. The van der Waals surface area contributed by atoms with Crippen molar-refractivity contribution in [2.75, 3.05) is 14.2 Å². The van der Waals surface area contributed by atoms with Gasteiger partial charge in [-0.1, -0.05) is 12.1 Å². The highest BCUT2D eigenvalue weighted by molar-refractivity contribution is 6.02. The summed E-state index contributed by atoms with van der Waals surface area (Å²) in [6.45, 7) is 0. The van der Waals surface area contributed by atoms with Gasteiger partial charge in [-0.15, -0.1) is 0 Å². The lowest BCUT2D eigenvalue weighted by Crippen LogP contribution is -2.06. The van der Waals surface area contributed by atoms with Crippen LogP contribution in [-0.2, 0) is 11.8 Å². The Labute approximate surface area is 138 Å². The van der Waals surface area contributed by atoms with Gasteiger partial charge in [-0.05, 0) is 12.1 Å². The van der Waals surface area contributed by atoms with E-state index in [9.17, 15) is 10.1 Å². The standard InChI is InChI=1S/C17H14N4O3/c1-21-16(23-2)13(9-19-21)12-7-14(17(22)24-3)20-15-10(8-18)5-4-6-11(12)15/h4-7,9H,1-3H3. The summed E-state index contributed by atoms with van der Waals surface area (Å²) in [6.07, 6.45) is 1.65. The molecule has 0 atom stereocenters. The van der Waals surface area contributed by atoms with Crippen molar-refractivity contribution < 1.29 is 14.3 Å². The number of aromatic nitrogens is 3. The zero-order valence-corrected chi connectivity index (χ0v) is 13.4. The number of nitrogens with zero attached hydrogens (tertiary/aromatic N) is 4. The van der Waals surface area contributed by atoms with Gasteiger partial charge in [0.15, 0.2) is 0 Å². The summed E-state index contributed by atoms with van der Waals surface area (Å²) >= 11 is 0. The molecule has 0 saturated heterocycles. The topological polar surface area (TPSA) is 90.0 Å². The van der Waals surface area contributed by atoms with Crippen molar-refractivity contribution in [3.63, 3.8) is 0 Å². The largest absolute Gasteiger partial charge is 0.481 e. The molecule has 0 aliphatic heterocycles. The lowest BCUT2D eigenvalue weighted by atomic mass is 10.00. The first-order chi connectivity index (χ1) is 11.6. The molecule has 0 saturated carbocycles. The maximum absolute atomic E-state index is 12.0. The molecular formula is C17H14N4O3. The highest BCUT2D eigenvalue weighted by Gasteiger charge is 2.19. The number of ether oxygens (including phenoxy) is 2. The minimum Gasteiger partial charge on any atom is -0.481 e. The van der Waals surface area contributed by atoms with E-state index in [0.717, 1.165) is 5.39 Å². The van der Waals surface area contributed by atoms with Crippen LogP contribution in [0.15, 0.2) is 30.5 Å². The molecule has 0 fully saturated rings. The lowest BCUT2D eigenvalue weighted by Gasteiger charge is -2.10. The van der Waals surface area contributed by atoms with Crippen molar-refractivity contribution >= 4 is 16.9 Å². The molecular weight excluding hydrogens is 308 g/mol. The third-order valence-corrected chi connectivity index (χ3v) is 3.72. The second kappa shape index (κ2) is 6.01. The third-order valence-electron chi connectivity index (χ3n) is 3.72. The lowest BCUT2D eigenvalue weighted by molar-refractivity contribution is 0.0594. The fraction of sp³-hybridized carbons (Fsp3) is 0.176. The summed E-state index contributed by atoms with van der Waals surface area (Å²) in [4.78, 5) is 16.3. The van der Waals surface area contributed by atoms with E-state index in [2.05, 4.69) is 16.2 Å². The summed E-state index contributed by atoms with van der Waals surface area (Å²) in [5.41, 5.74) is 2.33. The van der Waals surface area contributed by atoms with Gasteiger partial charge in [0.2, 0.25) is 5.88 Å². The Kier molecular flexibility index (Phi) is 3.88. The zero-order valence-electron chi connectivity index (χ0n) is 13.4. The van der Waals surface area contributed by atoms with E-state index in [-0.39, 0.29) is 5.69 Å². The average Bonchev–Trinajstić information content (AvgIpc) is 2.99. The summed E-state index contributed by atoms with van der Waals surface area (Å²) in [6, 6.07) is 8.98. The first-order valence-corrected chi connectivity index (χ1v) is 7.09. The summed E-state index contributed by atoms with van der Waals surface area (Å²) < 4.78 is 11.8. The first kappa shape index (κ1) is 15.5. The van der Waals surface area contributed by atoms with Crippen LogP contribution in [0.1, 0.15) is 16.1 Å². The predicted molar refractivity (Wildman–Crippen MR) is 86.6 cm³/mol. The monoisotopic (exact) mass is 322 g/mol. The summed E-state index contributed by atoms with van der Waals surface area (Å²) in [7, 11) is 4.59. The van der Waals surface area contributed by atoms with E-state index in [0.29, 0.717) is 28.1 Å². The normalized spacial score (nSPS) is 10.4. The Hall–Kier alpha value is -3.40. The number of nitriles is 1. The molecule has 2 heterocycles. The Morgan fingerprint density at radius 2 is 2.08 bits per heavy atom. The number of hydrogen-bond acceptors (Lipinski definition) is 6. The van der Waals surface area contributed by atoms with Crippen molar-refractivity contribution in [3.05, 3.63) is 41.7 Å². The van der Waals surface area contributed by atoms with Gasteiger partial charge in [-0.3, -0.25) is 0 Å². The van der Waals surface area contributed by atoms with Crippen LogP contribution in [-0.4, -0.2) is 35.0 Å². The van der Waals surface area contributed by atoms with Crippen LogP contribution in [0.5, 0.6) is 5.88 Å². The molecule has 24 heavy (non-hydrogen) atoms. The van der Waals surface area contributed by atoms with Crippen molar-refractivity contribution in [2.24, 2.45) is 7.05 Å². The molecule has 0 radical (unpaired) electrons. The Morgan fingerprint density at radius 1 is 1.29 bits per heavy atom. The van der Waals surface area contributed by atoms with E-state index in [1.165, 1.54) is 7.11 Å². The molecule has 1 aromatic carbocycles. The Balaban J connectivity index is 2.41. The van der Waals surface area contributed by atoms with E-state index < -0.39 is 5.97 Å². The van der Waals surface area contributed by atoms with Crippen LogP contribution >= 0.6 is 0 Å². The van der Waals surface area contributed by atoms with Gasteiger partial charge < -0.3 is 9.47 Å². The molecule has 0 unspecified atom stereocenters. The fourth-order valence-electron chi connectivity index (χ4n) is 2.62. The molecule has 0 N–H and O–H groups in total. The zero-order chi connectivity index (χ0) is 17.3. The summed E-state index contributed by atoms with van der Waals surface area (Å²) in [5.74, 6) is -0.0329. The average molecular weight is 322 g/mol. The number of fused-ring (bicyclic) bond motifs is 1. The first-order valence-electron chi connectivity index (χ1n) is 7.09. The van der Waals surface area contributed by atoms with E-state index in [1.807, 2.05) is 6.07 Å². The quantitative estimate of drug-likeness (QED) is 0.687. The van der Waals surface area contributed by atoms with Gasteiger partial charge in [0.25, 0.3) is 0 Å². The molecule has 2 aromatic heterocycles. The molecule has 120 valence electrons. The van der Waals surface area contributed by atoms with Gasteiger partial charge in [-0.2, -0.15) is 10.4 Å². The maximum Gasteiger partial charge on any atom is 0.356 e. The number of hydrogen-bond donors (Lipinski definition) is 0. The number of carbonyl (C=O) groups excluding carboxylic acids is 1. The van der Waals surface area contributed by atoms with Crippen molar-refractivity contribution in [2.45, 2.75) is 0 Å². The van der Waals surface area contributed by atoms with Gasteiger partial charge in [0.05, 0.1) is 37.1 Å². The Bertz CT molecular complexity index is 985. The number of rotatable bonds is 3. The molecule has 7 nitrogen and oxygen atoms in total. The van der Waals surface area contributed by atoms with E-state index >= 15 is 0 Å². The molecule has 3 rings (SSSR count). The molecule has 7 heteroatoms. The van der Waals surface area contributed by atoms with E-state index in [4.69, 9.17) is 9.47 Å². The number of pyridine rings is 1. The number of aryl methyl sites for hydroxylation is 1. The van der Waals surface area contributed by atoms with Crippen molar-refractivity contribution in [1.82, 2.24) is 14.8 Å². The van der Waals surface area contributed by atoms with Crippen LogP contribution in [0.25, 0.3) is 22.0 Å². The van der Waals surface area contributed by atoms with Crippen LogP contribution in [0.2, 0.25) is 0 Å². The fourth-order valence-corrected chi connectivity index (χ4v) is 2.62. The molecule has 3 aromatic rings. The second-order valence-electron chi connectivity index (χ2n) is 5.05. The summed E-state index contributed by atoms with van der Waals surface area (Å²) in [5, 5.41) is 14.3. The van der Waals surface area contributed by atoms with Crippen LogP contribution in [0.3, 0.4) is 0 Å². The van der Waals surface area contributed by atoms with Gasteiger partial charge in [0.1, 0.15) is 11.8 Å². The second-order valence-corrected chi connectivity index (χ2v) is 5.05. The van der Waals surface area contributed by atoms with Crippen LogP contribution in [0, 0.1) is 11.3 Å². The minimum atomic E-state index is -0.575. The highest BCUT2D eigenvalue weighted by Crippen LogP contribution is 2.35. The van der Waals surface area contributed by atoms with Crippen molar-refractivity contribution in [1.29, 1.82) is 5.26 Å².